The van der Waals surface area contributed by atoms with Crippen molar-refractivity contribution in [1.82, 2.24) is 0 Å². The Kier molecular flexibility index (Phi) is 3.92. The largest absolute Gasteiger partial charge is 0.489 e. The van der Waals surface area contributed by atoms with E-state index in [1.807, 2.05) is 23.6 Å². The molecule has 0 saturated heterocycles. The molecule has 1 aromatic carbocycles. The Morgan fingerprint density at radius 2 is 2.35 bits per heavy atom. The number of rotatable bonds is 4. The first-order valence-corrected chi connectivity index (χ1v) is 8.26. The van der Waals surface area contributed by atoms with Gasteiger partial charge in [-0.1, -0.05) is 11.6 Å². The molecule has 2 aromatic rings. The normalized spacial score (nSPS) is 16.8. The summed E-state index contributed by atoms with van der Waals surface area (Å²) >= 11 is 8.83. The number of benzene rings is 1. The molecule has 2 heterocycles. The molecule has 20 heavy (non-hydrogen) atoms. The van der Waals surface area contributed by atoms with Crippen LogP contribution in [0.3, 0.4) is 0 Å². The van der Waals surface area contributed by atoms with Crippen LogP contribution >= 0.6 is 34.7 Å². The molecule has 0 spiro atoms. The molecule has 3 rings (SSSR count). The van der Waals surface area contributed by atoms with E-state index in [-0.39, 0.29) is 6.10 Å². The SMILES string of the molecule is O=C(O)c1cc(SCC2Cc3cc(Cl)ccc3O2)cs1. The van der Waals surface area contributed by atoms with Gasteiger partial charge in [0.15, 0.2) is 0 Å². The number of hydrogen-bond acceptors (Lipinski definition) is 4. The number of aromatic carboxylic acids is 1. The van der Waals surface area contributed by atoms with Crippen molar-refractivity contribution in [2.75, 3.05) is 5.75 Å². The first kappa shape index (κ1) is 13.8. The molecule has 1 aliphatic rings. The van der Waals surface area contributed by atoms with Gasteiger partial charge in [-0.3, -0.25) is 0 Å². The molecule has 0 amide bonds. The van der Waals surface area contributed by atoms with E-state index in [1.54, 1.807) is 17.8 Å². The van der Waals surface area contributed by atoms with E-state index in [9.17, 15) is 4.79 Å². The van der Waals surface area contributed by atoms with Crippen molar-refractivity contribution in [3.05, 3.63) is 45.1 Å². The highest BCUT2D eigenvalue weighted by Gasteiger charge is 2.23. The number of thiophene rings is 1. The molecule has 0 bridgehead atoms. The summed E-state index contributed by atoms with van der Waals surface area (Å²) in [6.45, 7) is 0. The Labute approximate surface area is 129 Å². The van der Waals surface area contributed by atoms with E-state index >= 15 is 0 Å². The summed E-state index contributed by atoms with van der Waals surface area (Å²) in [4.78, 5) is 12.2. The number of carboxylic acids is 1. The standard InChI is InChI=1S/C14H11ClO3S2/c15-9-1-2-12-8(3-9)4-10(18-12)6-19-11-5-13(14(16)17)20-7-11/h1-3,5,7,10H,4,6H2,(H,16,17). The average Bonchev–Trinajstić information content (AvgIpc) is 3.01. The summed E-state index contributed by atoms with van der Waals surface area (Å²) in [7, 11) is 0. The Hall–Kier alpha value is -1.17. The van der Waals surface area contributed by atoms with Crippen molar-refractivity contribution >= 4 is 40.7 Å². The second-order valence-corrected chi connectivity index (χ2v) is 6.90. The van der Waals surface area contributed by atoms with Gasteiger partial charge in [0.2, 0.25) is 0 Å². The monoisotopic (exact) mass is 326 g/mol. The predicted molar refractivity (Wildman–Crippen MR) is 81.6 cm³/mol. The third-order valence-electron chi connectivity index (χ3n) is 2.99. The van der Waals surface area contributed by atoms with Crippen LogP contribution in [0.25, 0.3) is 0 Å². The fourth-order valence-corrected chi connectivity index (χ4v) is 4.14. The van der Waals surface area contributed by atoms with Crippen molar-refractivity contribution < 1.29 is 14.6 Å². The number of carbonyl (C=O) groups is 1. The fraction of sp³-hybridized carbons (Fsp3) is 0.214. The molecular formula is C14H11ClO3S2. The van der Waals surface area contributed by atoms with Gasteiger partial charge in [0.25, 0.3) is 0 Å². The number of thioether (sulfide) groups is 1. The molecule has 0 radical (unpaired) electrons. The summed E-state index contributed by atoms with van der Waals surface area (Å²) in [5.41, 5.74) is 1.14. The second-order valence-electron chi connectivity index (χ2n) is 4.46. The van der Waals surface area contributed by atoms with E-state index < -0.39 is 5.97 Å². The van der Waals surface area contributed by atoms with Crippen LogP contribution in [-0.4, -0.2) is 22.9 Å². The molecule has 1 unspecified atom stereocenters. The number of fused-ring (bicyclic) bond motifs is 1. The van der Waals surface area contributed by atoms with Crippen LogP contribution in [-0.2, 0) is 6.42 Å². The van der Waals surface area contributed by atoms with E-state index in [0.717, 1.165) is 33.4 Å². The molecule has 1 aromatic heterocycles. The number of carboxylic acid groups (broad SMARTS) is 1. The molecule has 104 valence electrons. The van der Waals surface area contributed by atoms with Crippen LogP contribution in [0.4, 0.5) is 0 Å². The molecule has 0 saturated carbocycles. The molecule has 1 atom stereocenters. The van der Waals surface area contributed by atoms with Gasteiger partial charge in [0.05, 0.1) is 0 Å². The maximum absolute atomic E-state index is 10.8. The smallest absolute Gasteiger partial charge is 0.345 e. The van der Waals surface area contributed by atoms with Gasteiger partial charge in [-0.05, 0) is 29.8 Å². The van der Waals surface area contributed by atoms with E-state index in [4.69, 9.17) is 21.4 Å². The van der Waals surface area contributed by atoms with Crippen LogP contribution in [0, 0.1) is 0 Å². The number of halogens is 1. The topological polar surface area (TPSA) is 46.5 Å². The quantitative estimate of drug-likeness (QED) is 0.855. The Balaban J connectivity index is 1.59. The minimum atomic E-state index is -0.874. The van der Waals surface area contributed by atoms with Gasteiger partial charge >= 0.3 is 5.97 Å². The van der Waals surface area contributed by atoms with Crippen LogP contribution in [0.15, 0.2) is 34.5 Å². The van der Waals surface area contributed by atoms with Crippen LogP contribution in [0.2, 0.25) is 5.02 Å². The van der Waals surface area contributed by atoms with E-state index in [0.29, 0.717) is 4.88 Å². The van der Waals surface area contributed by atoms with E-state index in [1.165, 1.54) is 11.3 Å². The molecule has 6 heteroatoms. The first-order valence-electron chi connectivity index (χ1n) is 6.01. The molecule has 1 aliphatic heterocycles. The van der Waals surface area contributed by atoms with Crippen LogP contribution in [0.1, 0.15) is 15.2 Å². The fourth-order valence-electron chi connectivity index (χ4n) is 2.08. The summed E-state index contributed by atoms with van der Waals surface area (Å²) in [6, 6.07) is 7.37. The van der Waals surface area contributed by atoms with Gasteiger partial charge in [-0.2, -0.15) is 0 Å². The van der Waals surface area contributed by atoms with Gasteiger partial charge < -0.3 is 9.84 Å². The third kappa shape index (κ3) is 2.95. The summed E-state index contributed by atoms with van der Waals surface area (Å²) in [5, 5.41) is 11.5. The summed E-state index contributed by atoms with van der Waals surface area (Å²) in [6.07, 6.45) is 0.959. The highest BCUT2D eigenvalue weighted by Crippen LogP contribution is 2.34. The van der Waals surface area contributed by atoms with Crippen molar-refractivity contribution in [3.8, 4) is 5.75 Å². The second kappa shape index (κ2) is 5.68. The zero-order valence-corrected chi connectivity index (χ0v) is 12.7. The Morgan fingerprint density at radius 3 is 3.10 bits per heavy atom. The lowest BCUT2D eigenvalue weighted by molar-refractivity contribution is 0.0702. The van der Waals surface area contributed by atoms with E-state index in [2.05, 4.69) is 0 Å². The maximum Gasteiger partial charge on any atom is 0.345 e. The Bertz CT molecular complexity index is 654. The molecule has 0 aliphatic carbocycles. The average molecular weight is 327 g/mol. The maximum atomic E-state index is 10.8. The van der Waals surface area contributed by atoms with Gasteiger partial charge in [0, 0.05) is 27.5 Å². The molecular weight excluding hydrogens is 316 g/mol. The third-order valence-corrected chi connectivity index (χ3v) is 5.40. The van der Waals surface area contributed by atoms with Gasteiger partial charge in [0.1, 0.15) is 16.7 Å². The predicted octanol–water partition coefficient (Wildman–Crippen LogP) is 4.20. The minimum Gasteiger partial charge on any atom is -0.489 e. The molecule has 3 nitrogen and oxygen atoms in total. The first-order chi connectivity index (χ1) is 9.61. The zero-order chi connectivity index (χ0) is 14.1. The minimum absolute atomic E-state index is 0.113. The van der Waals surface area contributed by atoms with Crippen molar-refractivity contribution in [1.29, 1.82) is 0 Å². The van der Waals surface area contributed by atoms with Gasteiger partial charge in [-0.25, -0.2) is 4.79 Å². The summed E-state index contributed by atoms with van der Waals surface area (Å²) in [5.74, 6) is 0.819. The lowest BCUT2D eigenvalue weighted by Gasteiger charge is -2.09. The van der Waals surface area contributed by atoms with Crippen molar-refractivity contribution in [2.45, 2.75) is 17.4 Å². The molecule has 1 N–H and O–H groups in total. The van der Waals surface area contributed by atoms with Gasteiger partial charge in [-0.15, -0.1) is 23.1 Å². The highest BCUT2D eigenvalue weighted by atomic mass is 35.5. The summed E-state index contributed by atoms with van der Waals surface area (Å²) < 4.78 is 5.85. The Morgan fingerprint density at radius 1 is 1.50 bits per heavy atom. The van der Waals surface area contributed by atoms with Crippen LogP contribution in [0.5, 0.6) is 5.75 Å². The van der Waals surface area contributed by atoms with Crippen molar-refractivity contribution in [3.63, 3.8) is 0 Å². The lowest BCUT2D eigenvalue weighted by atomic mass is 10.1. The highest BCUT2D eigenvalue weighted by molar-refractivity contribution is 7.99. The van der Waals surface area contributed by atoms with Crippen LogP contribution < -0.4 is 4.74 Å². The zero-order valence-electron chi connectivity index (χ0n) is 10.3. The lowest BCUT2D eigenvalue weighted by Crippen LogP contribution is -2.15. The molecule has 0 fully saturated rings. The number of ether oxygens (including phenoxy) is 1. The van der Waals surface area contributed by atoms with Crippen molar-refractivity contribution in [2.24, 2.45) is 0 Å². The number of hydrogen-bond donors (Lipinski definition) is 1.